The smallest absolute Gasteiger partial charge is 0.0427 e. The van der Waals surface area contributed by atoms with Crippen LogP contribution in [0.2, 0.25) is 0 Å². The lowest BCUT2D eigenvalue weighted by Gasteiger charge is -2.28. The third-order valence-electron chi connectivity index (χ3n) is 5.14. The van der Waals surface area contributed by atoms with Crippen molar-refractivity contribution >= 4 is 29.5 Å². The second kappa shape index (κ2) is 8.52. The van der Waals surface area contributed by atoms with Crippen molar-refractivity contribution in [2.45, 2.75) is 38.1 Å². The molecule has 0 heterocycles. The molecule has 0 aromatic heterocycles. The van der Waals surface area contributed by atoms with Crippen LogP contribution in [-0.4, -0.2) is 6.04 Å². The summed E-state index contributed by atoms with van der Waals surface area (Å²) < 4.78 is 0. The van der Waals surface area contributed by atoms with Crippen molar-refractivity contribution in [2.75, 3.05) is 5.32 Å². The van der Waals surface area contributed by atoms with E-state index in [-0.39, 0.29) is 0 Å². The maximum Gasteiger partial charge on any atom is 0.0427 e. The first-order valence-electron chi connectivity index (χ1n) is 9.67. The summed E-state index contributed by atoms with van der Waals surface area (Å²) in [6, 6.07) is 31.5. The third-order valence-corrected chi connectivity index (χ3v) is 7.64. The summed E-state index contributed by atoms with van der Waals surface area (Å²) in [5.41, 5.74) is 1.32. The molecule has 0 saturated heterocycles. The molecule has 3 aromatic carbocycles. The first kappa shape index (κ1) is 17.3. The zero-order valence-electron chi connectivity index (χ0n) is 15.1. The topological polar surface area (TPSA) is 12.0 Å². The predicted octanol–water partition coefficient (Wildman–Crippen LogP) is 5.19. The number of anilines is 1. The van der Waals surface area contributed by atoms with Crippen LogP contribution in [0.15, 0.2) is 84.9 Å². The fourth-order valence-electron chi connectivity index (χ4n) is 3.84. The molecule has 3 aromatic rings. The highest BCUT2D eigenvalue weighted by molar-refractivity contribution is 7.80. The molecule has 132 valence electrons. The molecule has 2 heteroatoms. The van der Waals surface area contributed by atoms with Gasteiger partial charge in [0.25, 0.3) is 0 Å². The van der Waals surface area contributed by atoms with Crippen molar-refractivity contribution in [3.63, 3.8) is 0 Å². The van der Waals surface area contributed by atoms with Crippen molar-refractivity contribution in [1.82, 2.24) is 0 Å². The van der Waals surface area contributed by atoms with Crippen molar-refractivity contribution < 1.29 is 0 Å². The van der Waals surface area contributed by atoms with Gasteiger partial charge in [0, 0.05) is 17.0 Å². The average Bonchev–Trinajstić information content (AvgIpc) is 2.72. The van der Waals surface area contributed by atoms with Crippen LogP contribution in [0, 0.1) is 0 Å². The van der Waals surface area contributed by atoms with Gasteiger partial charge < -0.3 is 5.32 Å². The summed E-state index contributed by atoms with van der Waals surface area (Å²) in [7, 11) is -0.556. The molecular formula is C24H26NP. The Hall–Kier alpha value is -2.11. The van der Waals surface area contributed by atoms with Crippen molar-refractivity contribution in [1.29, 1.82) is 0 Å². The molecule has 1 nitrogen and oxygen atoms in total. The Labute approximate surface area is 158 Å². The van der Waals surface area contributed by atoms with Gasteiger partial charge in [-0.05, 0) is 37.4 Å². The molecule has 26 heavy (non-hydrogen) atoms. The molecule has 0 spiro atoms. The number of hydrogen-bond donors (Lipinski definition) is 1. The molecule has 1 saturated carbocycles. The lowest BCUT2D eigenvalue weighted by atomic mass is 9.95. The number of benzene rings is 3. The molecule has 0 aliphatic heterocycles. The molecule has 1 aliphatic rings. The van der Waals surface area contributed by atoms with Gasteiger partial charge in [0.05, 0.1) is 0 Å². The highest BCUT2D eigenvalue weighted by Gasteiger charge is 2.21. The summed E-state index contributed by atoms with van der Waals surface area (Å²) in [6.45, 7) is 0. The van der Waals surface area contributed by atoms with Gasteiger partial charge in [0.2, 0.25) is 0 Å². The van der Waals surface area contributed by atoms with Gasteiger partial charge in [-0.2, -0.15) is 0 Å². The van der Waals surface area contributed by atoms with Crippen LogP contribution in [0.4, 0.5) is 5.69 Å². The third kappa shape index (κ3) is 4.00. The van der Waals surface area contributed by atoms with Gasteiger partial charge in [0.1, 0.15) is 0 Å². The minimum absolute atomic E-state index is 0.556. The molecule has 0 atom stereocenters. The van der Waals surface area contributed by atoms with E-state index in [0.717, 1.165) is 0 Å². The first-order valence-corrected chi connectivity index (χ1v) is 11.0. The van der Waals surface area contributed by atoms with Crippen molar-refractivity contribution in [3.05, 3.63) is 84.9 Å². The fraction of sp³-hybridized carbons (Fsp3) is 0.250. The van der Waals surface area contributed by atoms with Gasteiger partial charge in [-0.15, -0.1) is 0 Å². The molecule has 1 fully saturated rings. The van der Waals surface area contributed by atoms with Crippen LogP contribution in [-0.2, 0) is 0 Å². The standard InChI is InChI=1S/C24H26NP/c1-4-12-20(13-5-1)25-23-18-10-11-19-24(23)26(21-14-6-2-7-15-21)22-16-8-3-9-17-22/h2-3,6-11,14-20,25H,1,4-5,12-13H2. The van der Waals surface area contributed by atoms with Crippen LogP contribution in [0.5, 0.6) is 0 Å². The Morgan fingerprint density at radius 1 is 0.615 bits per heavy atom. The van der Waals surface area contributed by atoms with Gasteiger partial charge in [-0.25, -0.2) is 0 Å². The zero-order valence-corrected chi connectivity index (χ0v) is 16.0. The number of para-hydroxylation sites is 1. The summed E-state index contributed by atoms with van der Waals surface area (Å²) >= 11 is 0. The Balaban J connectivity index is 1.74. The molecule has 0 unspecified atom stereocenters. The quantitative estimate of drug-likeness (QED) is 0.618. The van der Waals surface area contributed by atoms with E-state index in [4.69, 9.17) is 0 Å². The van der Waals surface area contributed by atoms with Gasteiger partial charge >= 0.3 is 0 Å². The SMILES string of the molecule is c1ccc(P(c2ccccc2)c2ccccc2NC2CCCCC2)cc1. The number of rotatable bonds is 5. The van der Waals surface area contributed by atoms with Gasteiger partial charge in [-0.1, -0.05) is 98.1 Å². The second-order valence-corrected chi connectivity index (χ2v) is 9.19. The predicted molar refractivity (Wildman–Crippen MR) is 116 cm³/mol. The Bertz CT molecular complexity index is 770. The zero-order chi connectivity index (χ0) is 17.6. The summed E-state index contributed by atoms with van der Waals surface area (Å²) in [4.78, 5) is 0. The molecule has 1 N–H and O–H groups in total. The van der Waals surface area contributed by atoms with E-state index in [0.29, 0.717) is 6.04 Å². The maximum absolute atomic E-state index is 3.89. The van der Waals surface area contributed by atoms with E-state index in [1.54, 1.807) is 0 Å². The van der Waals surface area contributed by atoms with Crippen LogP contribution in [0.25, 0.3) is 0 Å². The Kier molecular flexibility index (Phi) is 5.67. The van der Waals surface area contributed by atoms with E-state index >= 15 is 0 Å². The van der Waals surface area contributed by atoms with Gasteiger partial charge in [0.15, 0.2) is 0 Å². The molecular weight excluding hydrogens is 333 g/mol. The minimum atomic E-state index is -0.556. The lowest BCUT2D eigenvalue weighted by molar-refractivity contribution is 0.463. The van der Waals surface area contributed by atoms with Crippen LogP contribution in [0.3, 0.4) is 0 Å². The number of hydrogen-bond acceptors (Lipinski definition) is 1. The van der Waals surface area contributed by atoms with E-state index < -0.39 is 7.92 Å². The van der Waals surface area contributed by atoms with Crippen molar-refractivity contribution in [2.24, 2.45) is 0 Å². The second-order valence-electron chi connectivity index (χ2n) is 7.00. The normalized spacial score (nSPS) is 15.1. The minimum Gasteiger partial charge on any atom is -0.382 e. The molecule has 0 bridgehead atoms. The lowest BCUT2D eigenvalue weighted by Crippen LogP contribution is -2.28. The van der Waals surface area contributed by atoms with E-state index in [9.17, 15) is 0 Å². The Morgan fingerprint density at radius 3 is 1.77 bits per heavy atom. The van der Waals surface area contributed by atoms with Gasteiger partial charge in [-0.3, -0.25) is 0 Å². The summed E-state index contributed by atoms with van der Waals surface area (Å²) in [5.74, 6) is 0. The molecule has 1 aliphatic carbocycles. The molecule has 0 radical (unpaired) electrons. The van der Waals surface area contributed by atoms with Crippen LogP contribution >= 0.6 is 7.92 Å². The maximum atomic E-state index is 3.89. The monoisotopic (exact) mass is 359 g/mol. The first-order chi connectivity index (χ1) is 12.9. The van der Waals surface area contributed by atoms with E-state index in [2.05, 4.69) is 90.2 Å². The number of nitrogens with one attached hydrogen (secondary N) is 1. The Morgan fingerprint density at radius 2 is 1.15 bits per heavy atom. The van der Waals surface area contributed by atoms with Crippen molar-refractivity contribution in [3.8, 4) is 0 Å². The highest BCUT2D eigenvalue weighted by Crippen LogP contribution is 2.36. The van der Waals surface area contributed by atoms with E-state index in [1.807, 2.05) is 0 Å². The average molecular weight is 359 g/mol. The van der Waals surface area contributed by atoms with Crippen LogP contribution < -0.4 is 21.2 Å². The molecule has 0 amide bonds. The fourth-order valence-corrected chi connectivity index (χ4v) is 6.25. The summed E-state index contributed by atoms with van der Waals surface area (Å²) in [5, 5.41) is 8.14. The highest BCUT2D eigenvalue weighted by atomic mass is 31.1. The molecule has 4 rings (SSSR count). The van der Waals surface area contributed by atoms with Crippen LogP contribution in [0.1, 0.15) is 32.1 Å². The van der Waals surface area contributed by atoms with E-state index in [1.165, 1.54) is 53.7 Å². The largest absolute Gasteiger partial charge is 0.382 e. The summed E-state index contributed by atoms with van der Waals surface area (Å²) in [6.07, 6.45) is 6.68.